The lowest BCUT2D eigenvalue weighted by molar-refractivity contribution is -0.124. The summed E-state index contributed by atoms with van der Waals surface area (Å²) >= 11 is 5.85. The predicted molar refractivity (Wildman–Crippen MR) is 106 cm³/mol. The molecule has 2 atom stereocenters. The Labute approximate surface area is 165 Å². The van der Waals surface area contributed by atoms with Gasteiger partial charge in [-0.2, -0.15) is 0 Å². The molecular weight excluding hydrogens is 362 g/mol. The quantitative estimate of drug-likeness (QED) is 0.607. The zero-order valence-electron chi connectivity index (χ0n) is 15.9. The number of aryl methyl sites for hydroxylation is 2. The average molecular weight is 388 g/mol. The van der Waals surface area contributed by atoms with Crippen molar-refractivity contribution in [3.8, 4) is 0 Å². The van der Waals surface area contributed by atoms with E-state index in [-0.39, 0.29) is 6.04 Å². The number of aliphatic hydroxyl groups excluding tert-OH is 1. The zero-order chi connectivity index (χ0) is 19.4. The van der Waals surface area contributed by atoms with Gasteiger partial charge in [0.05, 0.1) is 24.4 Å². The third-order valence-electron chi connectivity index (χ3n) is 5.38. The summed E-state index contributed by atoms with van der Waals surface area (Å²) in [6.45, 7) is 4.44. The molecule has 1 aliphatic rings. The van der Waals surface area contributed by atoms with Crippen LogP contribution in [0.2, 0.25) is 5.15 Å². The fourth-order valence-corrected chi connectivity index (χ4v) is 3.88. The van der Waals surface area contributed by atoms with Gasteiger partial charge < -0.3 is 10.0 Å². The first-order chi connectivity index (χ1) is 13.0. The number of pyridine rings is 2. The number of amides is 1. The molecule has 2 aromatic heterocycles. The van der Waals surface area contributed by atoms with Gasteiger partial charge in [-0.1, -0.05) is 36.6 Å². The molecule has 6 heteroatoms. The van der Waals surface area contributed by atoms with Crippen molar-refractivity contribution in [3.63, 3.8) is 0 Å². The molecule has 3 rings (SSSR count). The maximum absolute atomic E-state index is 11.7. The minimum Gasteiger partial charge on any atom is -0.391 e. The highest BCUT2D eigenvalue weighted by Gasteiger charge is 2.28. The molecule has 0 aromatic carbocycles. The van der Waals surface area contributed by atoms with Crippen LogP contribution in [-0.2, 0) is 17.8 Å². The van der Waals surface area contributed by atoms with E-state index in [0.29, 0.717) is 11.7 Å². The fourth-order valence-electron chi connectivity index (χ4n) is 3.77. The highest BCUT2D eigenvalue weighted by Crippen LogP contribution is 2.25. The van der Waals surface area contributed by atoms with Crippen molar-refractivity contribution < 1.29 is 9.90 Å². The highest BCUT2D eigenvalue weighted by molar-refractivity contribution is 6.29. The van der Waals surface area contributed by atoms with Crippen LogP contribution in [0.4, 0.5) is 0 Å². The van der Waals surface area contributed by atoms with Gasteiger partial charge >= 0.3 is 0 Å². The number of hydrogen-bond donors (Lipinski definition) is 1. The van der Waals surface area contributed by atoms with Crippen LogP contribution in [0.3, 0.4) is 0 Å². The summed E-state index contributed by atoms with van der Waals surface area (Å²) in [5, 5.41) is 10.7. The number of hydrogen-bond acceptors (Lipinski definition) is 4. The lowest BCUT2D eigenvalue weighted by Crippen LogP contribution is -2.44. The fraction of sp³-hybridized carbons (Fsp3) is 0.476. The number of rotatable bonds is 6. The van der Waals surface area contributed by atoms with Crippen LogP contribution >= 0.6 is 11.6 Å². The van der Waals surface area contributed by atoms with Gasteiger partial charge in [-0.15, -0.1) is 0 Å². The second kappa shape index (κ2) is 8.81. The summed E-state index contributed by atoms with van der Waals surface area (Å²) in [4.78, 5) is 22.3. The van der Waals surface area contributed by atoms with E-state index in [0.717, 1.165) is 66.6 Å². The zero-order valence-corrected chi connectivity index (χ0v) is 16.6. The van der Waals surface area contributed by atoms with E-state index in [4.69, 9.17) is 16.6 Å². The summed E-state index contributed by atoms with van der Waals surface area (Å²) in [7, 11) is 0. The van der Waals surface area contributed by atoms with Crippen molar-refractivity contribution in [3.05, 3.63) is 57.6 Å². The molecule has 0 radical (unpaired) electrons. The monoisotopic (exact) mass is 387 g/mol. The van der Waals surface area contributed by atoms with E-state index < -0.39 is 6.10 Å². The van der Waals surface area contributed by atoms with Crippen molar-refractivity contribution in [2.24, 2.45) is 0 Å². The van der Waals surface area contributed by atoms with E-state index in [1.807, 2.05) is 19.9 Å². The normalized spacial score (nSPS) is 19.7. The molecule has 0 unspecified atom stereocenters. The number of carbonyl (C=O) groups is 1. The van der Waals surface area contributed by atoms with E-state index in [2.05, 4.69) is 11.1 Å². The summed E-state index contributed by atoms with van der Waals surface area (Å²) in [5.41, 5.74) is 5.10. The molecule has 1 amide bonds. The second-order valence-corrected chi connectivity index (χ2v) is 7.75. The van der Waals surface area contributed by atoms with Gasteiger partial charge in [0.1, 0.15) is 5.15 Å². The highest BCUT2D eigenvalue weighted by atomic mass is 35.5. The van der Waals surface area contributed by atoms with Crippen LogP contribution in [0.5, 0.6) is 0 Å². The molecule has 144 valence electrons. The third kappa shape index (κ3) is 4.85. The van der Waals surface area contributed by atoms with Crippen molar-refractivity contribution in [2.45, 2.75) is 64.6 Å². The maximum atomic E-state index is 11.7. The van der Waals surface area contributed by atoms with Crippen LogP contribution in [0.1, 0.15) is 53.8 Å². The molecule has 1 saturated carbocycles. The maximum Gasteiger partial charge on any atom is 0.210 e. The second-order valence-electron chi connectivity index (χ2n) is 7.36. The summed E-state index contributed by atoms with van der Waals surface area (Å²) in [5.74, 6) is 0. The number of carbonyl (C=O) groups excluding carboxylic acids is 1. The van der Waals surface area contributed by atoms with Gasteiger partial charge in [0, 0.05) is 18.3 Å². The Hall–Kier alpha value is -1.98. The molecular formula is C21H26ClN3O2. The van der Waals surface area contributed by atoms with Gasteiger partial charge in [-0.25, -0.2) is 4.98 Å². The Morgan fingerprint density at radius 3 is 2.74 bits per heavy atom. The minimum absolute atomic E-state index is 0.113. The van der Waals surface area contributed by atoms with Gasteiger partial charge in [0.2, 0.25) is 6.41 Å². The molecule has 2 heterocycles. The van der Waals surface area contributed by atoms with Gasteiger partial charge in [0.25, 0.3) is 0 Å². The van der Waals surface area contributed by atoms with Gasteiger partial charge in [-0.3, -0.25) is 9.78 Å². The SMILES string of the molecule is Cc1cc(Cc2ccc(Cl)nc2)c(C)nc1CN(C=O)[C@H]1CCCC[C@@H]1O. The lowest BCUT2D eigenvalue weighted by atomic mass is 9.91. The topological polar surface area (TPSA) is 66.3 Å². The minimum atomic E-state index is -0.443. The van der Waals surface area contributed by atoms with Gasteiger partial charge in [-0.05, 0) is 49.4 Å². The van der Waals surface area contributed by atoms with E-state index in [1.165, 1.54) is 0 Å². The smallest absolute Gasteiger partial charge is 0.210 e. The van der Waals surface area contributed by atoms with Crippen LogP contribution in [0.25, 0.3) is 0 Å². The summed E-state index contributed by atoms with van der Waals surface area (Å²) < 4.78 is 0. The first-order valence-electron chi connectivity index (χ1n) is 9.43. The van der Waals surface area contributed by atoms with Crippen molar-refractivity contribution in [1.29, 1.82) is 0 Å². The van der Waals surface area contributed by atoms with E-state index in [9.17, 15) is 9.90 Å². The van der Waals surface area contributed by atoms with Crippen molar-refractivity contribution >= 4 is 18.0 Å². The average Bonchev–Trinajstić information content (AvgIpc) is 2.66. The number of aromatic nitrogens is 2. The number of halogens is 1. The Morgan fingerprint density at radius 1 is 1.30 bits per heavy atom. The lowest BCUT2D eigenvalue weighted by Gasteiger charge is -2.35. The summed E-state index contributed by atoms with van der Waals surface area (Å²) in [6.07, 6.45) is 6.60. The van der Waals surface area contributed by atoms with Crippen molar-refractivity contribution in [2.75, 3.05) is 0 Å². The Morgan fingerprint density at radius 2 is 2.07 bits per heavy atom. The number of nitrogens with zero attached hydrogens (tertiary/aromatic N) is 3. The predicted octanol–water partition coefficient (Wildman–Crippen LogP) is 3.60. The molecule has 0 aliphatic heterocycles. The Kier molecular flexibility index (Phi) is 6.45. The van der Waals surface area contributed by atoms with Crippen molar-refractivity contribution in [1.82, 2.24) is 14.9 Å². The van der Waals surface area contributed by atoms with Crippen LogP contribution < -0.4 is 0 Å². The van der Waals surface area contributed by atoms with E-state index in [1.54, 1.807) is 17.2 Å². The molecule has 1 fully saturated rings. The molecule has 0 saturated heterocycles. The summed E-state index contributed by atoms with van der Waals surface area (Å²) in [6, 6.07) is 5.78. The Balaban J connectivity index is 1.77. The third-order valence-corrected chi connectivity index (χ3v) is 5.61. The van der Waals surface area contributed by atoms with Crippen LogP contribution in [0, 0.1) is 13.8 Å². The molecule has 5 nitrogen and oxygen atoms in total. The molecule has 0 spiro atoms. The van der Waals surface area contributed by atoms with Crippen LogP contribution in [-0.4, -0.2) is 38.5 Å². The van der Waals surface area contributed by atoms with Crippen LogP contribution in [0.15, 0.2) is 24.4 Å². The first-order valence-corrected chi connectivity index (χ1v) is 9.81. The Bertz CT molecular complexity index is 795. The molecule has 27 heavy (non-hydrogen) atoms. The molecule has 1 aliphatic carbocycles. The molecule has 1 N–H and O–H groups in total. The standard InChI is InChI=1S/C21H26ClN3O2/c1-14-9-17(10-16-7-8-21(22)23-11-16)15(2)24-18(14)12-25(13-26)19-5-3-4-6-20(19)27/h7-9,11,13,19-20,27H,3-6,10,12H2,1-2H3/t19-,20-/m0/s1. The molecule has 2 aromatic rings. The molecule has 0 bridgehead atoms. The number of aliphatic hydroxyl groups is 1. The first kappa shape index (κ1) is 19.8. The van der Waals surface area contributed by atoms with E-state index >= 15 is 0 Å². The largest absolute Gasteiger partial charge is 0.391 e. The van der Waals surface area contributed by atoms with Gasteiger partial charge in [0.15, 0.2) is 0 Å².